The van der Waals surface area contributed by atoms with Gasteiger partial charge in [-0.1, -0.05) is 18.2 Å². The minimum absolute atomic E-state index is 0.00299. The number of nitrogens with one attached hydrogen (secondary N) is 3. The number of carbonyl (C=O) groups excluding carboxylic acids is 3. The number of nitrogens with two attached hydrogens (primary N) is 2. The van der Waals surface area contributed by atoms with Crippen LogP contribution in [-0.2, 0) is 25.6 Å². The molecule has 0 fully saturated rings. The maximum Gasteiger partial charge on any atom is 0.328 e. The molecule has 2 rings (SSSR count). The number of H-pyrrole nitrogens is 1. The van der Waals surface area contributed by atoms with Crippen LogP contribution in [0.3, 0.4) is 0 Å². The summed E-state index contributed by atoms with van der Waals surface area (Å²) in [4.78, 5) is 50.2. The molecular weight excluding hydrogens is 394 g/mol. The smallest absolute Gasteiger partial charge is 0.328 e. The van der Waals surface area contributed by atoms with Crippen LogP contribution >= 0.6 is 0 Å². The van der Waals surface area contributed by atoms with E-state index in [1.807, 2.05) is 24.3 Å². The van der Waals surface area contributed by atoms with Gasteiger partial charge < -0.3 is 37.3 Å². The van der Waals surface area contributed by atoms with Crippen molar-refractivity contribution in [1.82, 2.24) is 15.6 Å². The lowest BCUT2D eigenvalue weighted by molar-refractivity contribution is -0.143. The fraction of sp³-hybridized carbons (Fsp3) is 0.368. The molecule has 11 nitrogen and oxygen atoms in total. The molecule has 0 bridgehead atoms. The number of hydrogen-bond acceptors (Lipinski definition) is 6. The minimum atomic E-state index is -1.52. The van der Waals surface area contributed by atoms with E-state index >= 15 is 0 Å². The molecule has 0 spiro atoms. The van der Waals surface area contributed by atoms with E-state index in [0.717, 1.165) is 10.9 Å². The fourth-order valence-electron chi connectivity index (χ4n) is 2.90. The van der Waals surface area contributed by atoms with Crippen LogP contribution in [-0.4, -0.2) is 63.6 Å². The zero-order valence-corrected chi connectivity index (χ0v) is 16.1. The quantitative estimate of drug-likeness (QED) is 0.226. The highest BCUT2D eigenvalue weighted by molar-refractivity contribution is 5.93. The van der Waals surface area contributed by atoms with E-state index in [-0.39, 0.29) is 19.3 Å². The molecule has 0 aliphatic carbocycles. The summed E-state index contributed by atoms with van der Waals surface area (Å²) in [7, 11) is 0. The third-order valence-electron chi connectivity index (χ3n) is 4.57. The maximum absolute atomic E-state index is 12.7. The van der Waals surface area contributed by atoms with Gasteiger partial charge in [0.15, 0.2) is 0 Å². The van der Waals surface area contributed by atoms with Gasteiger partial charge in [-0.05, 0) is 18.1 Å². The molecule has 1 aromatic heterocycles. The molecule has 0 radical (unpaired) electrons. The number of aliphatic carboxylic acids is 1. The summed E-state index contributed by atoms with van der Waals surface area (Å²) < 4.78 is 0. The molecule has 9 N–H and O–H groups in total. The Labute approximate surface area is 171 Å². The molecule has 0 saturated carbocycles. The molecule has 30 heavy (non-hydrogen) atoms. The lowest BCUT2D eigenvalue weighted by atomic mass is 10.0. The normalized spacial score (nSPS) is 13.9. The third kappa shape index (κ3) is 6.03. The second-order valence-corrected chi connectivity index (χ2v) is 6.82. The topological polar surface area (TPSA) is 201 Å². The molecule has 3 atom stereocenters. The predicted molar refractivity (Wildman–Crippen MR) is 107 cm³/mol. The van der Waals surface area contributed by atoms with E-state index in [4.69, 9.17) is 21.7 Å². The Balaban J connectivity index is 2.20. The lowest BCUT2D eigenvalue weighted by Crippen LogP contribution is -2.56. The molecule has 1 heterocycles. The van der Waals surface area contributed by atoms with Crippen molar-refractivity contribution < 1.29 is 29.4 Å². The van der Waals surface area contributed by atoms with Crippen molar-refractivity contribution in [2.75, 3.05) is 6.61 Å². The monoisotopic (exact) mass is 419 g/mol. The minimum Gasteiger partial charge on any atom is -0.480 e. The predicted octanol–water partition coefficient (Wildman–Crippen LogP) is -1.65. The largest absolute Gasteiger partial charge is 0.480 e. The van der Waals surface area contributed by atoms with E-state index in [2.05, 4.69) is 15.6 Å². The summed E-state index contributed by atoms with van der Waals surface area (Å²) in [6, 6.07) is 3.57. The molecule has 1 aromatic carbocycles. The first-order valence-electron chi connectivity index (χ1n) is 9.26. The van der Waals surface area contributed by atoms with Crippen LogP contribution in [0.25, 0.3) is 10.9 Å². The number of benzene rings is 1. The fourth-order valence-corrected chi connectivity index (χ4v) is 2.90. The first kappa shape index (κ1) is 22.8. The van der Waals surface area contributed by atoms with Crippen LogP contribution in [0.1, 0.15) is 18.4 Å². The highest BCUT2D eigenvalue weighted by Gasteiger charge is 2.28. The van der Waals surface area contributed by atoms with E-state index in [1.165, 1.54) is 0 Å². The van der Waals surface area contributed by atoms with Crippen molar-refractivity contribution in [2.45, 2.75) is 37.4 Å². The van der Waals surface area contributed by atoms with Crippen LogP contribution < -0.4 is 22.1 Å². The Bertz CT molecular complexity index is 927. The maximum atomic E-state index is 12.7. The van der Waals surface area contributed by atoms with E-state index < -0.39 is 48.4 Å². The number of amides is 3. The van der Waals surface area contributed by atoms with Crippen molar-refractivity contribution in [3.05, 3.63) is 36.0 Å². The molecule has 0 aliphatic rings. The van der Waals surface area contributed by atoms with Gasteiger partial charge in [-0.2, -0.15) is 0 Å². The Morgan fingerprint density at radius 2 is 1.73 bits per heavy atom. The number of para-hydroxylation sites is 1. The first-order chi connectivity index (χ1) is 14.2. The molecule has 2 aromatic rings. The van der Waals surface area contributed by atoms with Gasteiger partial charge in [0.2, 0.25) is 17.7 Å². The Morgan fingerprint density at radius 1 is 1.07 bits per heavy atom. The molecular formula is C19H25N5O6. The number of fused-ring (bicyclic) bond motifs is 1. The number of carbonyl (C=O) groups is 4. The highest BCUT2D eigenvalue weighted by Crippen LogP contribution is 2.19. The average Bonchev–Trinajstić information content (AvgIpc) is 3.12. The summed E-state index contributed by atoms with van der Waals surface area (Å²) in [5, 5.41) is 23.7. The van der Waals surface area contributed by atoms with Gasteiger partial charge >= 0.3 is 5.97 Å². The van der Waals surface area contributed by atoms with Crippen LogP contribution in [0.4, 0.5) is 0 Å². The lowest BCUT2D eigenvalue weighted by Gasteiger charge is -2.22. The van der Waals surface area contributed by atoms with Crippen molar-refractivity contribution in [2.24, 2.45) is 11.5 Å². The van der Waals surface area contributed by atoms with Crippen molar-refractivity contribution in [3.63, 3.8) is 0 Å². The van der Waals surface area contributed by atoms with Crippen LogP contribution in [0.15, 0.2) is 30.5 Å². The van der Waals surface area contributed by atoms with E-state index in [9.17, 15) is 19.2 Å². The van der Waals surface area contributed by atoms with E-state index in [0.29, 0.717) is 5.56 Å². The number of primary amides is 1. The summed E-state index contributed by atoms with van der Waals surface area (Å²) >= 11 is 0. The number of aliphatic hydroxyl groups excluding tert-OH is 1. The first-order valence-corrected chi connectivity index (χ1v) is 9.26. The Hall–Kier alpha value is -3.44. The Kier molecular flexibility index (Phi) is 7.90. The van der Waals surface area contributed by atoms with Crippen LogP contribution in [0.5, 0.6) is 0 Å². The summed E-state index contributed by atoms with van der Waals surface area (Å²) in [6.07, 6.45) is 1.63. The molecule has 11 heteroatoms. The van der Waals surface area contributed by atoms with Gasteiger partial charge in [-0.15, -0.1) is 0 Å². The number of rotatable bonds is 11. The molecule has 0 unspecified atom stereocenters. The van der Waals surface area contributed by atoms with Crippen molar-refractivity contribution >= 4 is 34.6 Å². The van der Waals surface area contributed by atoms with Gasteiger partial charge in [-0.25, -0.2) is 4.79 Å². The standard InChI is InChI=1S/C19H25N5O6/c20-12(5-6-16(21)26)17(27)23-14(18(28)24-15(9-25)19(29)30)7-10-8-22-13-4-2-1-3-11(10)13/h1-4,8,12,14-15,22,25H,5-7,9,20H2,(H2,21,26)(H,23,27)(H,24,28)(H,29,30)/t12-,14-,15-/m0/s1. The number of aromatic nitrogens is 1. The van der Waals surface area contributed by atoms with Crippen molar-refractivity contribution in [3.8, 4) is 0 Å². The second kappa shape index (κ2) is 10.4. The van der Waals surface area contributed by atoms with Gasteiger partial charge in [0, 0.05) is 29.9 Å². The van der Waals surface area contributed by atoms with Gasteiger partial charge in [0.05, 0.1) is 12.6 Å². The average molecular weight is 419 g/mol. The number of hydrogen-bond donors (Lipinski definition) is 7. The molecule has 0 saturated heterocycles. The van der Waals surface area contributed by atoms with Crippen LogP contribution in [0.2, 0.25) is 0 Å². The zero-order chi connectivity index (χ0) is 22.3. The number of aromatic amines is 1. The van der Waals surface area contributed by atoms with Crippen LogP contribution in [0, 0.1) is 0 Å². The summed E-state index contributed by atoms with van der Waals surface area (Å²) in [5.41, 5.74) is 12.4. The Morgan fingerprint density at radius 3 is 2.37 bits per heavy atom. The SMILES string of the molecule is NC(=O)CC[C@H](N)C(=O)N[C@@H](Cc1c[nH]c2ccccc12)C(=O)N[C@@H](CO)C(=O)O. The van der Waals surface area contributed by atoms with Crippen molar-refractivity contribution in [1.29, 1.82) is 0 Å². The van der Waals surface area contributed by atoms with E-state index in [1.54, 1.807) is 6.20 Å². The summed E-state index contributed by atoms with van der Waals surface area (Å²) in [6.45, 7) is -0.813. The third-order valence-corrected chi connectivity index (χ3v) is 4.57. The number of carboxylic acid groups (broad SMARTS) is 1. The highest BCUT2D eigenvalue weighted by atomic mass is 16.4. The number of aliphatic hydroxyl groups is 1. The van der Waals surface area contributed by atoms with Gasteiger partial charge in [0.1, 0.15) is 12.1 Å². The van der Waals surface area contributed by atoms with Gasteiger partial charge in [0.25, 0.3) is 0 Å². The number of carboxylic acids is 1. The zero-order valence-electron chi connectivity index (χ0n) is 16.1. The molecule has 162 valence electrons. The summed E-state index contributed by atoms with van der Waals surface area (Å²) in [5.74, 6) is -3.51. The second-order valence-electron chi connectivity index (χ2n) is 6.82. The van der Waals surface area contributed by atoms with Gasteiger partial charge in [-0.3, -0.25) is 14.4 Å². The molecule has 3 amide bonds. The molecule has 0 aliphatic heterocycles.